The van der Waals surface area contributed by atoms with Crippen LogP contribution in [0.3, 0.4) is 0 Å². The van der Waals surface area contributed by atoms with Gasteiger partial charge < -0.3 is 11.1 Å². The number of carbonyl (C=O) groups excluding carboxylic acids is 1. The van der Waals surface area contributed by atoms with Crippen LogP contribution >= 0.6 is 23.2 Å². The first kappa shape index (κ1) is 14.6. The van der Waals surface area contributed by atoms with Gasteiger partial charge in [0.25, 0.3) is 0 Å². The molecule has 19 heavy (non-hydrogen) atoms. The minimum absolute atomic E-state index is 0.115. The molecule has 3 nitrogen and oxygen atoms in total. The summed E-state index contributed by atoms with van der Waals surface area (Å²) in [7, 11) is 0. The van der Waals surface area contributed by atoms with Crippen LogP contribution in [0, 0.1) is 11.2 Å². The summed E-state index contributed by atoms with van der Waals surface area (Å²) in [5.41, 5.74) is 5.60. The predicted molar refractivity (Wildman–Crippen MR) is 75.0 cm³/mol. The lowest BCUT2D eigenvalue weighted by Gasteiger charge is -2.25. The summed E-state index contributed by atoms with van der Waals surface area (Å²) in [6.07, 6.45) is 3.54. The summed E-state index contributed by atoms with van der Waals surface area (Å²) in [5, 5.41) is 2.50. The molecule has 1 aromatic rings. The van der Waals surface area contributed by atoms with Crippen molar-refractivity contribution in [1.82, 2.24) is 0 Å². The first-order valence-electron chi connectivity index (χ1n) is 6.14. The number of anilines is 1. The summed E-state index contributed by atoms with van der Waals surface area (Å²) in [6, 6.07) is 2.69. The number of nitrogens with one attached hydrogen (secondary N) is 1. The molecule has 1 fully saturated rings. The lowest BCUT2D eigenvalue weighted by molar-refractivity contribution is -0.124. The molecule has 3 N–H and O–H groups in total. The largest absolute Gasteiger partial charge is 0.329 e. The third kappa shape index (κ3) is 2.86. The first-order valence-corrected chi connectivity index (χ1v) is 6.90. The van der Waals surface area contributed by atoms with E-state index in [-0.39, 0.29) is 16.0 Å². The van der Waals surface area contributed by atoms with Crippen LogP contribution in [0.2, 0.25) is 10.0 Å². The lowest BCUT2D eigenvalue weighted by atomic mass is 9.85. The summed E-state index contributed by atoms with van der Waals surface area (Å²) in [5.74, 6) is -0.832. The van der Waals surface area contributed by atoms with E-state index >= 15 is 0 Å². The second-order valence-electron chi connectivity index (χ2n) is 4.90. The number of hydrogen-bond donors (Lipinski definition) is 2. The van der Waals surface area contributed by atoms with Crippen molar-refractivity contribution in [1.29, 1.82) is 0 Å². The maximum Gasteiger partial charge on any atom is 0.231 e. The second-order valence-corrected chi connectivity index (χ2v) is 5.71. The number of halogens is 3. The Hall–Kier alpha value is -0.840. The number of benzene rings is 1. The van der Waals surface area contributed by atoms with Gasteiger partial charge in [0, 0.05) is 12.2 Å². The van der Waals surface area contributed by atoms with Crippen LogP contribution in [0.4, 0.5) is 10.1 Å². The molecule has 0 aliphatic heterocycles. The van der Waals surface area contributed by atoms with E-state index in [4.69, 9.17) is 28.9 Å². The average Bonchev–Trinajstić information content (AvgIpc) is 2.85. The molecule has 1 aromatic carbocycles. The van der Waals surface area contributed by atoms with Gasteiger partial charge in [-0.3, -0.25) is 4.79 Å². The predicted octanol–water partition coefficient (Wildman–Crippen LogP) is 3.59. The average molecular weight is 305 g/mol. The molecule has 0 unspecified atom stereocenters. The van der Waals surface area contributed by atoms with Crippen molar-refractivity contribution < 1.29 is 9.18 Å². The fraction of sp³-hybridized carbons (Fsp3) is 0.462. The van der Waals surface area contributed by atoms with Gasteiger partial charge in [0.05, 0.1) is 15.5 Å². The number of nitrogens with two attached hydrogens (primary N) is 1. The normalized spacial score (nSPS) is 17.5. The van der Waals surface area contributed by atoms with Crippen LogP contribution in [0.5, 0.6) is 0 Å². The fourth-order valence-corrected chi connectivity index (χ4v) is 2.95. The van der Waals surface area contributed by atoms with Crippen molar-refractivity contribution in [2.45, 2.75) is 25.7 Å². The number of amides is 1. The summed E-state index contributed by atoms with van der Waals surface area (Å²) < 4.78 is 13.3. The van der Waals surface area contributed by atoms with Crippen LogP contribution < -0.4 is 11.1 Å². The van der Waals surface area contributed by atoms with Crippen LogP contribution in [-0.2, 0) is 4.79 Å². The maximum atomic E-state index is 13.3. The van der Waals surface area contributed by atoms with E-state index in [0.717, 1.165) is 25.7 Å². The molecule has 0 bridgehead atoms. The first-order chi connectivity index (χ1) is 8.98. The molecule has 2 rings (SSSR count). The molecule has 0 aromatic heterocycles. The van der Waals surface area contributed by atoms with E-state index < -0.39 is 11.2 Å². The Balaban J connectivity index is 2.19. The Labute approximate surface area is 121 Å². The Morgan fingerprint density at radius 3 is 2.32 bits per heavy atom. The van der Waals surface area contributed by atoms with Crippen molar-refractivity contribution in [2.75, 3.05) is 11.9 Å². The highest BCUT2D eigenvalue weighted by molar-refractivity contribution is 6.35. The van der Waals surface area contributed by atoms with Gasteiger partial charge in [-0.2, -0.15) is 0 Å². The highest BCUT2D eigenvalue weighted by Gasteiger charge is 2.39. The molecule has 0 saturated heterocycles. The molecule has 1 amide bonds. The Morgan fingerprint density at radius 2 is 1.84 bits per heavy atom. The van der Waals surface area contributed by atoms with Gasteiger partial charge in [-0.1, -0.05) is 36.0 Å². The molecule has 1 saturated carbocycles. The van der Waals surface area contributed by atoms with Crippen LogP contribution in [0.25, 0.3) is 0 Å². The van der Waals surface area contributed by atoms with E-state index in [1.807, 2.05) is 0 Å². The molecule has 0 atom stereocenters. The van der Waals surface area contributed by atoms with Gasteiger partial charge in [0.1, 0.15) is 0 Å². The van der Waals surface area contributed by atoms with Crippen molar-refractivity contribution in [3.8, 4) is 0 Å². The van der Waals surface area contributed by atoms with Crippen molar-refractivity contribution >= 4 is 34.8 Å². The van der Waals surface area contributed by atoms with Crippen LogP contribution in [-0.4, -0.2) is 12.5 Å². The van der Waals surface area contributed by atoms with Crippen molar-refractivity contribution in [3.05, 3.63) is 28.0 Å². The van der Waals surface area contributed by atoms with Crippen molar-refractivity contribution in [3.63, 3.8) is 0 Å². The zero-order chi connectivity index (χ0) is 14.0. The SMILES string of the molecule is NCC1(C(=O)Nc2cc(Cl)c(F)c(Cl)c2)CCCC1. The van der Waals surface area contributed by atoms with E-state index in [2.05, 4.69) is 5.32 Å². The van der Waals surface area contributed by atoms with Gasteiger partial charge in [0.2, 0.25) is 5.91 Å². The van der Waals surface area contributed by atoms with Gasteiger partial charge in [-0.25, -0.2) is 4.39 Å². The van der Waals surface area contributed by atoms with Gasteiger partial charge >= 0.3 is 0 Å². The Kier molecular flexibility index (Phi) is 4.33. The topological polar surface area (TPSA) is 55.1 Å². The minimum atomic E-state index is -0.685. The highest BCUT2D eigenvalue weighted by Crippen LogP contribution is 2.38. The molecular weight excluding hydrogens is 290 g/mol. The lowest BCUT2D eigenvalue weighted by Crippen LogP contribution is -2.40. The number of hydrogen-bond acceptors (Lipinski definition) is 2. The Bertz CT molecular complexity index is 478. The van der Waals surface area contributed by atoms with Crippen molar-refractivity contribution in [2.24, 2.45) is 11.1 Å². The van der Waals surface area contributed by atoms with E-state index in [1.54, 1.807) is 0 Å². The van der Waals surface area contributed by atoms with E-state index in [9.17, 15) is 9.18 Å². The molecule has 1 aliphatic carbocycles. The standard InChI is InChI=1S/C13H15Cl2FN2O/c14-9-5-8(6-10(15)11(9)16)18-12(19)13(7-17)3-1-2-4-13/h5-6H,1-4,7,17H2,(H,18,19). The summed E-state index contributed by atoms with van der Waals surface area (Å²) >= 11 is 11.4. The van der Waals surface area contributed by atoms with Crippen LogP contribution in [0.15, 0.2) is 12.1 Å². The minimum Gasteiger partial charge on any atom is -0.329 e. The zero-order valence-corrected chi connectivity index (χ0v) is 11.8. The van der Waals surface area contributed by atoms with Gasteiger partial charge in [-0.05, 0) is 25.0 Å². The molecule has 0 heterocycles. The fourth-order valence-electron chi connectivity index (χ4n) is 2.47. The zero-order valence-electron chi connectivity index (χ0n) is 10.3. The van der Waals surface area contributed by atoms with E-state index in [0.29, 0.717) is 12.2 Å². The summed E-state index contributed by atoms with van der Waals surface area (Å²) in [6.45, 7) is 0.307. The molecule has 0 spiro atoms. The smallest absolute Gasteiger partial charge is 0.231 e. The summed E-state index contributed by atoms with van der Waals surface area (Å²) in [4.78, 5) is 12.3. The third-order valence-corrected chi connectivity index (χ3v) is 4.22. The van der Waals surface area contributed by atoms with Crippen LogP contribution in [0.1, 0.15) is 25.7 Å². The third-order valence-electron chi connectivity index (χ3n) is 3.67. The van der Waals surface area contributed by atoms with Gasteiger partial charge in [-0.15, -0.1) is 0 Å². The second kappa shape index (κ2) is 5.65. The molecule has 104 valence electrons. The number of rotatable bonds is 3. The molecule has 6 heteroatoms. The van der Waals surface area contributed by atoms with E-state index in [1.165, 1.54) is 12.1 Å². The molecular formula is C13H15Cl2FN2O. The quantitative estimate of drug-likeness (QED) is 0.839. The number of carbonyl (C=O) groups is 1. The maximum absolute atomic E-state index is 13.3. The molecule has 0 radical (unpaired) electrons. The molecule has 1 aliphatic rings. The monoisotopic (exact) mass is 304 g/mol. The Morgan fingerprint density at radius 1 is 1.32 bits per heavy atom. The highest BCUT2D eigenvalue weighted by atomic mass is 35.5. The van der Waals surface area contributed by atoms with Gasteiger partial charge in [0.15, 0.2) is 5.82 Å².